The van der Waals surface area contributed by atoms with Crippen molar-refractivity contribution in [1.29, 1.82) is 0 Å². The predicted octanol–water partition coefficient (Wildman–Crippen LogP) is 11.3. The number of rotatable bonds is 12. The molecule has 0 fully saturated rings. The van der Waals surface area contributed by atoms with Crippen LogP contribution >= 0.6 is 11.6 Å². The maximum atomic E-state index is 6.52. The first kappa shape index (κ1) is 30.6. The normalized spacial score (nSPS) is 18.1. The number of benzene rings is 3. The maximum absolute atomic E-state index is 6.52. The summed E-state index contributed by atoms with van der Waals surface area (Å²) in [6.45, 7) is 16.2. The van der Waals surface area contributed by atoms with E-state index < -0.39 is 0 Å². The largest absolute Gasteiger partial charge is 0.344 e. The van der Waals surface area contributed by atoms with Crippen molar-refractivity contribution in [2.24, 2.45) is 0 Å². The molecule has 5 rings (SSSR count). The third-order valence-corrected chi connectivity index (χ3v) is 9.82. The van der Waals surface area contributed by atoms with Gasteiger partial charge in [0.1, 0.15) is 6.54 Å². The van der Waals surface area contributed by atoms with Gasteiger partial charge in [0.2, 0.25) is 5.69 Å². The van der Waals surface area contributed by atoms with E-state index >= 15 is 0 Å². The number of nitrogens with zero attached hydrogens (tertiary/aromatic N) is 2. The summed E-state index contributed by atoms with van der Waals surface area (Å²) in [5, 5.41) is 3.52. The van der Waals surface area contributed by atoms with E-state index in [1.54, 1.807) is 0 Å². The van der Waals surface area contributed by atoms with Crippen LogP contribution < -0.4 is 4.90 Å². The highest BCUT2D eigenvalue weighted by atomic mass is 35.5. The van der Waals surface area contributed by atoms with E-state index in [0.717, 1.165) is 18.1 Å². The Kier molecular flexibility index (Phi) is 9.33. The summed E-state index contributed by atoms with van der Waals surface area (Å²) >= 11 is 6.52. The molecule has 3 heteroatoms. The lowest BCUT2D eigenvalue weighted by Gasteiger charge is -2.27. The minimum Gasteiger partial charge on any atom is -0.344 e. The van der Waals surface area contributed by atoms with Gasteiger partial charge in [-0.15, -0.1) is 0 Å². The highest BCUT2D eigenvalue weighted by Crippen LogP contribution is 2.49. The SMILES string of the molecule is CCCCCCCN1C(=CC=CC2=[N+](CCCCC)c3ccc4ccccc4c3C2(C)C)C(C)(C)c2cc(Cl)ccc21. The van der Waals surface area contributed by atoms with Crippen LogP contribution in [0.2, 0.25) is 5.02 Å². The van der Waals surface area contributed by atoms with Gasteiger partial charge in [-0.05, 0) is 73.4 Å². The molecule has 0 bridgehead atoms. The van der Waals surface area contributed by atoms with Gasteiger partial charge >= 0.3 is 0 Å². The van der Waals surface area contributed by atoms with Crippen LogP contribution in [-0.2, 0) is 10.8 Å². The number of hydrogen-bond acceptors (Lipinski definition) is 1. The van der Waals surface area contributed by atoms with Gasteiger partial charge in [0, 0.05) is 52.5 Å². The van der Waals surface area contributed by atoms with Gasteiger partial charge in [-0.1, -0.05) is 102 Å². The molecule has 3 aromatic rings. The van der Waals surface area contributed by atoms with Gasteiger partial charge in [0.25, 0.3) is 0 Å². The Labute approximate surface area is 259 Å². The van der Waals surface area contributed by atoms with Crippen molar-refractivity contribution in [1.82, 2.24) is 0 Å². The average Bonchev–Trinajstić information content (AvgIpc) is 3.31. The number of allylic oxidation sites excluding steroid dienone is 4. The molecule has 0 atom stereocenters. The van der Waals surface area contributed by atoms with Crippen molar-refractivity contribution in [2.45, 2.75) is 104 Å². The molecule has 2 nitrogen and oxygen atoms in total. The molecule has 0 spiro atoms. The third kappa shape index (κ3) is 5.72. The molecule has 0 radical (unpaired) electrons. The lowest BCUT2D eigenvalue weighted by atomic mass is 9.79. The summed E-state index contributed by atoms with van der Waals surface area (Å²) in [4.78, 5) is 2.56. The molecule has 0 amide bonds. The first-order chi connectivity index (χ1) is 20.2. The van der Waals surface area contributed by atoms with Crippen LogP contribution in [0.1, 0.15) is 104 Å². The zero-order chi connectivity index (χ0) is 29.9. The van der Waals surface area contributed by atoms with Crippen molar-refractivity contribution in [3.05, 3.63) is 94.7 Å². The molecule has 0 unspecified atom stereocenters. The highest BCUT2D eigenvalue weighted by molar-refractivity contribution is 6.30. The van der Waals surface area contributed by atoms with E-state index in [-0.39, 0.29) is 10.8 Å². The van der Waals surface area contributed by atoms with Gasteiger partial charge in [-0.2, -0.15) is 4.58 Å². The van der Waals surface area contributed by atoms with Gasteiger partial charge < -0.3 is 4.90 Å². The lowest BCUT2D eigenvalue weighted by Crippen LogP contribution is -2.28. The molecule has 3 aromatic carbocycles. The molecule has 0 aromatic heterocycles. The van der Waals surface area contributed by atoms with Crippen molar-refractivity contribution in [3.8, 4) is 0 Å². The summed E-state index contributed by atoms with van der Waals surface area (Å²) in [5.41, 5.74) is 8.04. The van der Waals surface area contributed by atoms with Crippen molar-refractivity contribution in [3.63, 3.8) is 0 Å². The van der Waals surface area contributed by atoms with E-state index in [4.69, 9.17) is 11.6 Å². The standard InChI is InChI=1S/C39H50ClN2/c1-7-9-11-12-16-27-41-33-25-23-30(40)28-32(33)38(3,4)35(41)20-17-21-36-39(5,6)37-31-19-14-13-18-29(31)22-24-34(37)42(36)26-15-10-8-2/h13-14,17-25,28H,7-12,15-16,26-27H2,1-6H3/q+1. The van der Waals surface area contributed by atoms with E-state index in [0.29, 0.717) is 0 Å². The average molecular weight is 582 g/mol. The molecule has 42 heavy (non-hydrogen) atoms. The molecule has 222 valence electrons. The highest BCUT2D eigenvalue weighted by Gasteiger charge is 2.45. The first-order valence-corrected chi connectivity index (χ1v) is 16.7. The second kappa shape index (κ2) is 12.8. The summed E-state index contributed by atoms with van der Waals surface area (Å²) in [7, 11) is 0. The summed E-state index contributed by atoms with van der Waals surface area (Å²) < 4.78 is 2.60. The molecule has 2 aliphatic rings. The van der Waals surface area contributed by atoms with Crippen LogP contribution in [-0.4, -0.2) is 23.4 Å². The van der Waals surface area contributed by atoms with Gasteiger partial charge in [0.05, 0.1) is 5.41 Å². The van der Waals surface area contributed by atoms with Crippen LogP contribution in [0.5, 0.6) is 0 Å². The van der Waals surface area contributed by atoms with Gasteiger partial charge in [-0.25, -0.2) is 0 Å². The van der Waals surface area contributed by atoms with Crippen molar-refractivity contribution in [2.75, 3.05) is 18.0 Å². The topological polar surface area (TPSA) is 6.25 Å². The number of anilines is 1. The van der Waals surface area contributed by atoms with Crippen molar-refractivity contribution >= 4 is 39.5 Å². The Balaban J connectivity index is 1.53. The Hall–Kier alpha value is -2.84. The quantitative estimate of drug-likeness (QED) is 0.152. The fourth-order valence-electron chi connectivity index (χ4n) is 7.29. The summed E-state index contributed by atoms with van der Waals surface area (Å²) in [5.74, 6) is 0. The van der Waals surface area contributed by atoms with E-state index in [1.807, 2.05) is 6.07 Å². The predicted molar refractivity (Wildman–Crippen MR) is 184 cm³/mol. The number of unbranched alkanes of at least 4 members (excludes halogenated alkanes) is 6. The number of fused-ring (bicyclic) bond motifs is 4. The van der Waals surface area contributed by atoms with E-state index in [9.17, 15) is 0 Å². The Morgan fingerprint density at radius 1 is 0.810 bits per heavy atom. The molecular weight excluding hydrogens is 532 g/mol. The van der Waals surface area contributed by atoms with Crippen LogP contribution in [0.4, 0.5) is 11.4 Å². The van der Waals surface area contributed by atoms with Crippen LogP contribution in [0.25, 0.3) is 10.8 Å². The van der Waals surface area contributed by atoms with Gasteiger partial charge in [0.15, 0.2) is 5.71 Å². The fourth-order valence-corrected chi connectivity index (χ4v) is 7.46. The zero-order valence-corrected chi connectivity index (χ0v) is 27.5. The smallest absolute Gasteiger partial charge is 0.210 e. The second-order valence-electron chi connectivity index (χ2n) is 13.3. The van der Waals surface area contributed by atoms with E-state index in [1.165, 1.54) is 96.0 Å². The molecule has 2 aliphatic heterocycles. The fraction of sp³-hybridized carbons (Fsp3) is 0.462. The first-order valence-electron chi connectivity index (χ1n) is 16.4. The van der Waals surface area contributed by atoms with E-state index in [2.05, 4.69) is 118 Å². The second-order valence-corrected chi connectivity index (χ2v) is 13.7. The molecule has 2 heterocycles. The third-order valence-electron chi connectivity index (χ3n) is 9.59. The maximum Gasteiger partial charge on any atom is 0.210 e. The number of hydrogen-bond donors (Lipinski definition) is 0. The Bertz CT molecular complexity index is 1520. The molecule has 0 aliphatic carbocycles. The summed E-state index contributed by atoms with van der Waals surface area (Å²) in [6, 6.07) is 20.0. The van der Waals surface area contributed by atoms with Crippen molar-refractivity contribution < 1.29 is 4.58 Å². The minimum atomic E-state index is -0.107. The Morgan fingerprint density at radius 2 is 1.55 bits per heavy atom. The molecule has 0 N–H and O–H groups in total. The molecule has 0 saturated heterocycles. The Morgan fingerprint density at radius 3 is 2.33 bits per heavy atom. The van der Waals surface area contributed by atoms with Crippen LogP contribution in [0, 0.1) is 0 Å². The minimum absolute atomic E-state index is 0.0853. The number of halogens is 1. The molecular formula is C39H50ClN2+. The van der Waals surface area contributed by atoms with Crippen LogP contribution in [0.15, 0.2) is 78.5 Å². The lowest BCUT2D eigenvalue weighted by molar-refractivity contribution is -0.438. The monoisotopic (exact) mass is 581 g/mol. The zero-order valence-electron chi connectivity index (χ0n) is 26.8. The molecule has 0 saturated carbocycles. The van der Waals surface area contributed by atoms with Gasteiger partial charge in [-0.3, -0.25) is 0 Å². The summed E-state index contributed by atoms with van der Waals surface area (Å²) in [6.07, 6.45) is 17.2. The van der Waals surface area contributed by atoms with Crippen LogP contribution in [0.3, 0.4) is 0 Å².